The molecule has 2 aromatic carbocycles. The van der Waals surface area contributed by atoms with Crippen LogP contribution < -0.4 is 9.47 Å². The van der Waals surface area contributed by atoms with E-state index < -0.39 is 11.9 Å². The van der Waals surface area contributed by atoms with Crippen molar-refractivity contribution in [1.82, 2.24) is 9.80 Å². The summed E-state index contributed by atoms with van der Waals surface area (Å²) in [6, 6.07) is 15.7. The minimum absolute atomic E-state index is 0.199. The van der Waals surface area contributed by atoms with Gasteiger partial charge in [0, 0.05) is 43.4 Å². The van der Waals surface area contributed by atoms with Crippen molar-refractivity contribution in [3.8, 4) is 11.5 Å². The summed E-state index contributed by atoms with van der Waals surface area (Å²) in [6.07, 6.45) is 3.39. The molecule has 0 radical (unpaired) electrons. The smallest absolute Gasteiger partial charge is 0.328 e. The summed E-state index contributed by atoms with van der Waals surface area (Å²) in [5.41, 5.74) is 2.05. The molecule has 1 amide bonds. The van der Waals surface area contributed by atoms with Crippen LogP contribution in [0.2, 0.25) is 0 Å². The van der Waals surface area contributed by atoms with Crippen molar-refractivity contribution in [3.63, 3.8) is 0 Å². The third kappa shape index (κ3) is 8.13. The van der Waals surface area contributed by atoms with Crippen LogP contribution in [0.4, 0.5) is 0 Å². The van der Waals surface area contributed by atoms with Gasteiger partial charge in [-0.05, 0) is 55.6 Å². The highest BCUT2D eigenvalue weighted by Crippen LogP contribution is 2.26. The number of carboxylic acids is 2. The van der Waals surface area contributed by atoms with E-state index >= 15 is 0 Å². The molecule has 192 valence electrons. The number of benzene rings is 2. The molecule has 0 spiro atoms. The standard InChI is InChI=1S/C23H28N2O3.C4H4O4/c1-27-20-6-4-7-21(15-20)28-14-13-24-11-9-18(10-12-24)16-25-17-19-5-2-3-8-22(19)23(25)26;5-3(6)1-2-4(7)8/h2-8,15,18H,9-14,16-17H2,1H3;1-2H,(H,5,6)(H,7,8). The molecule has 36 heavy (non-hydrogen) atoms. The second-order valence-electron chi connectivity index (χ2n) is 8.67. The summed E-state index contributed by atoms with van der Waals surface area (Å²) >= 11 is 0. The third-order valence-corrected chi connectivity index (χ3v) is 6.17. The molecule has 9 heteroatoms. The number of methoxy groups -OCH3 is 1. The highest BCUT2D eigenvalue weighted by molar-refractivity contribution is 5.98. The average Bonchev–Trinajstić information content (AvgIpc) is 3.19. The summed E-state index contributed by atoms with van der Waals surface area (Å²) in [5, 5.41) is 15.6. The van der Waals surface area contributed by atoms with Gasteiger partial charge in [-0.25, -0.2) is 9.59 Å². The van der Waals surface area contributed by atoms with Crippen LogP contribution in [-0.2, 0) is 16.1 Å². The minimum Gasteiger partial charge on any atom is -0.497 e. The maximum Gasteiger partial charge on any atom is 0.328 e. The van der Waals surface area contributed by atoms with E-state index in [1.165, 1.54) is 5.56 Å². The van der Waals surface area contributed by atoms with Gasteiger partial charge in [0.25, 0.3) is 5.91 Å². The predicted octanol–water partition coefficient (Wildman–Crippen LogP) is 3.15. The van der Waals surface area contributed by atoms with Gasteiger partial charge in [-0.2, -0.15) is 0 Å². The second kappa shape index (κ2) is 13.3. The van der Waals surface area contributed by atoms with E-state index in [-0.39, 0.29) is 5.91 Å². The van der Waals surface area contributed by atoms with E-state index in [1.54, 1.807) is 7.11 Å². The topological polar surface area (TPSA) is 117 Å². The van der Waals surface area contributed by atoms with Gasteiger partial charge in [0.2, 0.25) is 0 Å². The Kier molecular flexibility index (Phi) is 9.88. The molecule has 2 aliphatic heterocycles. The zero-order valence-corrected chi connectivity index (χ0v) is 20.3. The van der Waals surface area contributed by atoms with Crippen LogP contribution in [0.5, 0.6) is 11.5 Å². The number of likely N-dealkylation sites (tertiary alicyclic amines) is 1. The van der Waals surface area contributed by atoms with Crippen LogP contribution in [0, 0.1) is 5.92 Å². The number of hydrogen-bond acceptors (Lipinski definition) is 6. The van der Waals surface area contributed by atoms with Gasteiger partial charge in [-0.1, -0.05) is 24.3 Å². The Balaban J connectivity index is 0.000000392. The summed E-state index contributed by atoms with van der Waals surface area (Å²) in [4.78, 5) is 36.1. The summed E-state index contributed by atoms with van der Waals surface area (Å²) in [6.45, 7) is 5.39. The van der Waals surface area contributed by atoms with Crippen molar-refractivity contribution >= 4 is 17.8 Å². The second-order valence-corrected chi connectivity index (χ2v) is 8.67. The number of fused-ring (bicyclic) bond motifs is 1. The number of rotatable bonds is 9. The number of ether oxygens (including phenoxy) is 2. The molecule has 0 bridgehead atoms. The predicted molar refractivity (Wildman–Crippen MR) is 133 cm³/mol. The first kappa shape index (κ1) is 26.7. The van der Waals surface area contributed by atoms with Crippen molar-refractivity contribution in [2.24, 2.45) is 5.92 Å². The molecule has 0 unspecified atom stereocenters. The number of carbonyl (C=O) groups excluding carboxylic acids is 1. The number of nitrogens with zero attached hydrogens (tertiary/aromatic N) is 2. The van der Waals surface area contributed by atoms with E-state index in [4.69, 9.17) is 19.7 Å². The first-order valence-corrected chi connectivity index (χ1v) is 11.9. The van der Waals surface area contributed by atoms with Crippen molar-refractivity contribution in [3.05, 3.63) is 71.8 Å². The van der Waals surface area contributed by atoms with E-state index in [0.717, 1.165) is 62.6 Å². The molecule has 0 aliphatic carbocycles. The molecular weight excluding hydrogens is 464 g/mol. The van der Waals surface area contributed by atoms with Crippen LogP contribution in [0.3, 0.4) is 0 Å². The van der Waals surface area contributed by atoms with Gasteiger partial charge < -0.3 is 24.6 Å². The van der Waals surface area contributed by atoms with Gasteiger partial charge in [0.1, 0.15) is 18.1 Å². The number of carbonyl (C=O) groups is 3. The highest BCUT2D eigenvalue weighted by atomic mass is 16.5. The number of hydrogen-bond donors (Lipinski definition) is 2. The van der Waals surface area contributed by atoms with E-state index in [0.29, 0.717) is 24.7 Å². The van der Waals surface area contributed by atoms with E-state index in [9.17, 15) is 14.4 Å². The fourth-order valence-electron chi connectivity index (χ4n) is 4.29. The molecule has 0 atom stereocenters. The molecule has 2 N–H and O–H groups in total. The molecule has 2 aliphatic rings. The Morgan fingerprint density at radius 1 is 1.00 bits per heavy atom. The summed E-state index contributed by atoms with van der Waals surface area (Å²) < 4.78 is 11.1. The monoisotopic (exact) mass is 496 g/mol. The number of piperidine rings is 1. The molecule has 1 fully saturated rings. The Morgan fingerprint density at radius 2 is 1.67 bits per heavy atom. The number of aliphatic carboxylic acids is 2. The van der Waals surface area contributed by atoms with Crippen molar-refractivity contribution in [2.75, 3.05) is 39.9 Å². The minimum atomic E-state index is -1.26. The Bertz CT molecular complexity index is 1060. The fraction of sp³-hybridized carbons (Fsp3) is 0.370. The van der Waals surface area contributed by atoms with Crippen LogP contribution >= 0.6 is 0 Å². The van der Waals surface area contributed by atoms with Crippen molar-refractivity contribution in [2.45, 2.75) is 19.4 Å². The molecule has 9 nitrogen and oxygen atoms in total. The SMILES string of the molecule is COc1cccc(OCCN2CCC(CN3Cc4ccccc4C3=O)CC2)c1.O=C(O)C=CC(=O)O. The van der Waals surface area contributed by atoms with Crippen molar-refractivity contribution in [1.29, 1.82) is 0 Å². The lowest BCUT2D eigenvalue weighted by Crippen LogP contribution is -2.40. The molecule has 0 aromatic heterocycles. The van der Waals surface area contributed by atoms with Gasteiger partial charge in [-0.15, -0.1) is 0 Å². The normalized spacial score (nSPS) is 15.8. The molecule has 0 saturated carbocycles. The van der Waals surface area contributed by atoms with Gasteiger partial charge in [0.05, 0.1) is 7.11 Å². The highest BCUT2D eigenvalue weighted by Gasteiger charge is 2.30. The average molecular weight is 497 g/mol. The third-order valence-electron chi connectivity index (χ3n) is 6.17. The molecule has 4 rings (SSSR count). The Hall–Kier alpha value is -3.85. The van der Waals surface area contributed by atoms with Gasteiger partial charge >= 0.3 is 11.9 Å². The fourth-order valence-corrected chi connectivity index (χ4v) is 4.29. The maximum atomic E-state index is 12.5. The van der Waals surface area contributed by atoms with Crippen LogP contribution in [0.25, 0.3) is 0 Å². The first-order chi connectivity index (χ1) is 17.4. The van der Waals surface area contributed by atoms with E-state index in [2.05, 4.69) is 11.0 Å². The lowest BCUT2D eigenvalue weighted by molar-refractivity contribution is -0.134. The molecule has 2 aromatic rings. The van der Waals surface area contributed by atoms with Crippen LogP contribution in [0.1, 0.15) is 28.8 Å². The van der Waals surface area contributed by atoms with Crippen LogP contribution in [0.15, 0.2) is 60.7 Å². The van der Waals surface area contributed by atoms with Gasteiger partial charge in [0.15, 0.2) is 0 Å². The maximum absolute atomic E-state index is 12.5. The zero-order chi connectivity index (χ0) is 25.9. The van der Waals surface area contributed by atoms with E-state index in [1.807, 2.05) is 47.4 Å². The molecular formula is C27H32N2O7. The quantitative estimate of drug-likeness (QED) is 0.509. The van der Waals surface area contributed by atoms with Gasteiger partial charge in [-0.3, -0.25) is 9.69 Å². The lowest BCUT2D eigenvalue weighted by Gasteiger charge is -2.33. The first-order valence-electron chi connectivity index (χ1n) is 11.9. The molecule has 1 saturated heterocycles. The Morgan fingerprint density at radius 3 is 2.31 bits per heavy atom. The Labute approximate surface area is 210 Å². The molecule has 2 heterocycles. The lowest BCUT2D eigenvalue weighted by atomic mass is 9.96. The van der Waals surface area contributed by atoms with Crippen molar-refractivity contribution < 1.29 is 34.1 Å². The number of amides is 1. The summed E-state index contributed by atoms with van der Waals surface area (Å²) in [5.74, 6) is -0.0587. The zero-order valence-electron chi connectivity index (χ0n) is 20.3. The largest absolute Gasteiger partial charge is 0.497 e. The number of carboxylic acid groups (broad SMARTS) is 2. The summed E-state index contributed by atoms with van der Waals surface area (Å²) in [7, 11) is 1.66. The van der Waals surface area contributed by atoms with Crippen LogP contribution in [-0.4, -0.2) is 77.8 Å².